The minimum Gasteiger partial charge on any atom is -0.451 e. The van der Waals surface area contributed by atoms with Crippen LogP contribution in [0.25, 0.3) is 0 Å². The van der Waals surface area contributed by atoms with Gasteiger partial charge in [-0.2, -0.15) is 4.68 Å². The number of hydrogen-bond donors (Lipinski definition) is 1. The number of carbonyl (C=O) groups is 2. The van der Waals surface area contributed by atoms with Gasteiger partial charge in [-0.1, -0.05) is 56.3 Å². The van der Waals surface area contributed by atoms with E-state index in [1.807, 2.05) is 51.1 Å². The molecule has 1 amide bonds. The van der Waals surface area contributed by atoms with Gasteiger partial charge in [0, 0.05) is 5.92 Å². The van der Waals surface area contributed by atoms with E-state index >= 15 is 0 Å². The van der Waals surface area contributed by atoms with Gasteiger partial charge in [0.15, 0.2) is 0 Å². The zero-order valence-corrected chi connectivity index (χ0v) is 15.0. The van der Waals surface area contributed by atoms with Gasteiger partial charge in [0.25, 0.3) is 0 Å². The molecule has 0 saturated carbocycles. The lowest BCUT2D eigenvalue weighted by atomic mass is 9.97. The normalized spacial score (nSPS) is 13.3. The number of benzene rings is 1. The summed E-state index contributed by atoms with van der Waals surface area (Å²) in [6.45, 7) is 5.85. The van der Waals surface area contributed by atoms with Crippen LogP contribution < -0.4 is 5.32 Å². The Bertz CT molecular complexity index is 712. The Hall–Kier alpha value is -2.70. The summed E-state index contributed by atoms with van der Waals surface area (Å²) in [6.07, 6.45) is 1.52. The summed E-state index contributed by atoms with van der Waals surface area (Å²) in [6, 6.07) is 9.55. The van der Waals surface area contributed by atoms with E-state index in [9.17, 15) is 9.59 Å². The lowest BCUT2D eigenvalue weighted by Gasteiger charge is -2.22. The molecule has 0 fully saturated rings. The van der Waals surface area contributed by atoms with Gasteiger partial charge >= 0.3 is 6.09 Å². The van der Waals surface area contributed by atoms with Crippen molar-refractivity contribution in [2.24, 2.45) is 11.8 Å². The molecule has 1 N–H and O–H groups in total. The summed E-state index contributed by atoms with van der Waals surface area (Å²) >= 11 is 0. The number of aromatic nitrogens is 3. The molecule has 0 radical (unpaired) electrons. The molecule has 2 aromatic rings. The molecular weight excluding hydrogens is 320 g/mol. The molecule has 0 bridgehead atoms. The number of rotatable bonds is 6. The fourth-order valence-corrected chi connectivity index (χ4v) is 2.54. The maximum atomic E-state index is 12.6. The van der Waals surface area contributed by atoms with E-state index in [-0.39, 0.29) is 23.8 Å². The van der Waals surface area contributed by atoms with Crippen molar-refractivity contribution in [3.05, 3.63) is 47.8 Å². The molecule has 0 aliphatic rings. The minimum absolute atomic E-state index is 0.0600. The van der Waals surface area contributed by atoms with Crippen molar-refractivity contribution in [1.29, 1.82) is 0 Å². The Labute approximate surface area is 147 Å². The zero-order valence-electron chi connectivity index (χ0n) is 15.0. The lowest BCUT2D eigenvalue weighted by molar-refractivity contribution is -0.125. The Kier molecular flexibility index (Phi) is 6.27. The summed E-state index contributed by atoms with van der Waals surface area (Å²) in [4.78, 5) is 24.1. The van der Waals surface area contributed by atoms with Gasteiger partial charge in [0.1, 0.15) is 5.69 Å². The summed E-state index contributed by atoms with van der Waals surface area (Å²) in [5.41, 5.74) is 1.64. The lowest BCUT2D eigenvalue weighted by Crippen LogP contribution is -2.36. The largest absolute Gasteiger partial charge is 0.451 e. The standard InChI is InChI=1S/C18H24N4O3/c1-12(2)16(15-11-22(21-20-15)18(24)25-4)19-17(23)13(3)10-14-8-6-5-7-9-14/h5-9,11-13,16H,10H2,1-4H3,(H,19,23)/t13-,16+/m1/s1. The van der Waals surface area contributed by atoms with Gasteiger partial charge in [0.2, 0.25) is 5.91 Å². The Morgan fingerprint density at radius 3 is 2.48 bits per heavy atom. The van der Waals surface area contributed by atoms with Crippen LogP contribution in [0.15, 0.2) is 36.5 Å². The molecule has 1 aromatic heterocycles. The molecule has 7 heteroatoms. The van der Waals surface area contributed by atoms with E-state index < -0.39 is 6.09 Å². The number of nitrogens with one attached hydrogen (secondary N) is 1. The van der Waals surface area contributed by atoms with E-state index in [1.54, 1.807) is 0 Å². The van der Waals surface area contributed by atoms with Gasteiger partial charge in [-0.05, 0) is 17.9 Å². The van der Waals surface area contributed by atoms with E-state index in [0.717, 1.165) is 10.2 Å². The third kappa shape index (κ3) is 4.89. The van der Waals surface area contributed by atoms with Crippen LogP contribution in [0.3, 0.4) is 0 Å². The predicted octanol–water partition coefficient (Wildman–Crippen LogP) is 2.58. The van der Waals surface area contributed by atoms with E-state index in [0.29, 0.717) is 12.1 Å². The molecule has 2 atom stereocenters. The van der Waals surface area contributed by atoms with Crippen LogP contribution in [0.5, 0.6) is 0 Å². The first-order valence-electron chi connectivity index (χ1n) is 8.27. The highest BCUT2D eigenvalue weighted by atomic mass is 16.5. The third-order valence-electron chi connectivity index (χ3n) is 3.99. The number of nitrogens with zero attached hydrogens (tertiary/aromatic N) is 3. The second-order valence-electron chi connectivity index (χ2n) is 6.38. The number of amides is 1. The van der Waals surface area contributed by atoms with Gasteiger partial charge in [-0.25, -0.2) is 4.79 Å². The van der Waals surface area contributed by atoms with E-state index in [2.05, 4.69) is 20.4 Å². The fraction of sp³-hybridized carbons (Fsp3) is 0.444. The molecule has 1 heterocycles. The SMILES string of the molecule is COC(=O)n1cc([C@@H](NC(=O)[C@H](C)Cc2ccccc2)C(C)C)nn1. The van der Waals surface area contributed by atoms with Crippen molar-refractivity contribution >= 4 is 12.0 Å². The van der Waals surface area contributed by atoms with Gasteiger partial charge < -0.3 is 10.1 Å². The quantitative estimate of drug-likeness (QED) is 0.870. The Balaban J connectivity index is 2.06. The molecule has 7 nitrogen and oxygen atoms in total. The van der Waals surface area contributed by atoms with Crippen molar-refractivity contribution in [2.45, 2.75) is 33.2 Å². The third-order valence-corrected chi connectivity index (χ3v) is 3.99. The number of methoxy groups -OCH3 is 1. The van der Waals surface area contributed by atoms with Crippen molar-refractivity contribution in [1.82, 2.24) is 20.3 Å². The Morgan fingerprint density at radius 2 is 1.88 bits per heavy atom. The molecule has 2 rings (SSSR count). The molecule has 25 heavy (non-hydrogen) atoms. The first kappa shape index (κ1) is 18.6. The van der Waals surface area contributed by atoms with Crippen LogP contribution >= 0.6 is 0 Å². The monoisotopic (exact) mass is 344 g/mol. The average molecular weight is 344 g/mol. The first-order valence-corrected chi connectivity index (χ1v) is 8.27. The topological polar surface area (TPSA) is 86.1 Å². The van der Waals surface area contributed by atoms with Crippen LogP contribution in [0.1, 0.15) is 38.1 Å². The molecule has 0 unspecified atom stereocenters. The van der Waals surface area contributed by atoms with E-state index in [1.165, 1.54) is 13.3 Å². The second kappa shape index (κ2) is 8.41. The average Bonchev–Trinajstić information content (AvgIpc) is 3.08. The second-order valence-corrected chi connectivity index (χ2v) is 6.38. The van der Waals surface area contributed by atoms with E-state index in [4.69, 9.17) is 0 Å². The molecule has 1 aromatic carbocycles. The van der Waals surface area contributed by atoms with Crippen molar-refractivity contribution in [3.63, 3.8) is 0 Å². The summed E-state index contributed by atoms with van der Waals surface area (Å²) < 4.78 is 5.63. The Morgan fingerprint density at radius 1 is 1.20 bits per heavy atom. The van der Waals surface area contributed by atoms with Crippen molar-refractivity contribution in [3.8, 4) is 0 Å². The van der Waals surface area contributed by atoms with Crippen molar-refractivity contribution in [2.75, 3.05) is 7.11 Å². The summed E-state index contributed by atoms with van der Waals surface area (Å²) in [5, 5.41) is 10.8. The highest BCUT2D eigenvalue weighted by molar-refractivity contribution is 5.79. The van der Waals surface area contributed by atoms with Crippen LogP contribution in [0.4, 0.5) is 4.79 Å². The molecule has 0 aliphatic carbocycles. The van der Waals surface area contributed by atoms with Crippen molar-refractivity contribution < 1.29 is 14.3 Å². The maximum absolute atomic E-state index is 12.6. The number of ether oxygens (including phenoxy) is 1. The van der Waals surface area contributed by atoms with Crippen LogP contribution in [0.2, 0.25) is 0 Å². The van der Waals surface area contributed by atoms with Gasteiger partial charge in [0.05, 0.1) is 19.3 Å². The van der Waals surface area contributed by atoms with Gasteiger partial charge in [-0.3, -0.25) is 4.79 Å². The highest BCUT2D eigenvalue weighted by Gasteiger charge is 2.25. The molecule has 134 valence electrons. The summed E-state index contributed by atoms with van der Waals surface area (Å²) in [7, 11) is 1.27. The fourth-order valence-electron chi connectivity index (χ4n) is 2.54. The molecule has 0 saturated heterocycles. The predicted molar refractivity (Wildman–Crippen MR) is 92.9 cm³/mol. The molecular formula is C18H24N4O3. The smallest absolute Gasteiger partial charge is 0.435 e. The first-order chi connectivity index (χ1) is 11.9. The molecule has 0 aliphatic heterocycles. The zero-order chi connectivity index (χ0) is 18.4. The molecule has 0 spiro atoms. The van der Waals surface area contributed by atoms with Crippen LogP contribution in [-0.2, 0) is 16.0 Å². The maximum Gasteiger partial charge on any atom is 0.435 e. The summed E-state index contributed by atoms with van der Waals surface area (Å²) in [5.74, 6) is -0.148. The van der Waals surface area contributed by atoms with Crippen LogP contribution in [0, 0.1) is 11.8 Å². The number of hydrogen-bond acceptors (Lipinski definition) is 5. The minimum atomic E-state index is -0.620. The van der Waals surface area contributed by atoms with Crippen LogP contribution in [-0.4, -0.2) is 34.1 Å². The highest BCUT2D eigenvalue weighted by Crippen LogP contribution is 2.20. The van der Waals surface area contributed by atoms with Gasteiger partial charge in [-0.15, -0.1) is 5.10 Å². The number of carbonyl (C=O) groups excluding carboxylic acids is 2.